The summed E-state index contributed by atoms with van der Waals surface area (Å²) in [6, 6.07) is -0.137. The number of carbonyl (C=O) groups is 2. The molecule has 1 aliphatic heterocycles. The molecule has 3 rings (SSSR count). The number of tetrazole rings is 1. The lowest BCUT2D eigenvalue weighted by Gasteiger charge is -2.30. The lowest BCUT2D eigenvalue weighted by atomic mass is 9.91. The first kappa shape index (κ1) is 17.8. The third kappa shape index (κ3) is 3.97. The molecule has 1 saturated heterocycles. The molecule has 0 aromatic carbocycles. The van der Waals surface area contributed by atoms with E-state index in [1.54, 1.807) is 11.7 Å². The number of nitrogens with zero attached hydrogens (tertiary/aromatic N) is 6. The van der Waals surface area contributed by atoms with Gasteiger partial charge in [0, 0.05) is 13.6 Å². The van der Waals surface area contributed by atoms with Crippen LogP contribution >= 0.6 is 0 Å². The first-order chi connectivity index (χ1) is 12.1. The minimum Gasteiger partial charge on any atom is -0.332 e. The van der Waals surface area contributed by atoms with E-state index < -0.39 is 0 Å². The summed E-state index contributed by atoms with van der Waals surface area (Å²) in [6.07, 6.45) is 7.42. The molecule has 0 unspecified atom stereocenters. The maximum atomic E-state index is 13.2. The topological polar surface area (TPSA) is 104 Å². The van der Waals surface area contributed by atoms with E-state index >= 15 is 0 Å². The van der Waals surface area contributed by atoms with Gasteiger partial charge < -0.3 is 4.90 Å². The Bertz CT molecular complexity index is 600. The van der Waals surface area contributed by atoms with Gasteiger partial charge in [-0.1, -0.05) is 25.7 Å². The highest BCUT2D eigenvalue weighted by atomic mass is 16.5. The van der Waals surface area contributed by atoms with Gasteiger partial charge in [0.25, 0.3) is 0 Å². The molecule has 2 fully saturated rings. The zero-order valence-corrected chi connectivity index (χ0v) is 14.6. The van der Waals surface area contributed by atoms with Crippen molar-refractivity contribution < 1.29 is 14.8 Å². The summed E-state index contributed by atoms with van der Waals surface area (Å²) in [5.74, 6) is 0.770. The summed E-state index contributed by atoms with van der Waals surface area (Å²) in [5, 5.41) is 21.8. The lowest BCUT2D eigenvalue weighted by Crippen LogP contribution is -2.41. The number of likely N-dealkylation sites (tertiary alicyclic amines) is 1. The highest BCUT2D eigenvalue weighted by Crippen LogP contribution is 2.35. The second-order valence-corrected chi connectivity index (χ2v) is 7.16. The molecule has 9 heteroatoms. The fourth-order valence-electron chi connectivity index (χ4n) is 4.22. The quantitative estimate of drug-likeness (QED) is 0.445. The van der Waals surface area contributed by atoms with E-state index in [-0.39, 0.29) is 24.4 Å². The van der Waals surface area contributed by atoms with Crippen LogP contribution in [0, 0.1) is 11.8 Å². The van der Waals surface area contributed by atoms with Crippen molar-refractivity contribution in [3.63, 3.8) is 0 Å². The Labute approximate surface area is 146 Å². The number of rotatable bonds is 7. The fourth-order valence-corrected chi connectivity index (χ4v) is 4.22. The van der Waals surface area contributed by atoms with Crippen LogP contribution in [0.15, 0.2) is 0 Å². The van der Waals surface area contributed by atoms with Crippen LogP contribution in [0.1, 0.15) is 56.8 Å². The van der Waals surface area contributed by atoms with Gasteiger partial charge in [-0.2, -0.15) is 0 Å². The highest BCUT2D eigenvalue weighted by molar-refractivity contribution is 5.80. The normalized spacial score (nSPS) is 22.3. The van der Waals surface area contributed by atoms with Crippen molar-refractivity contribution in [1.82, 2.24) is 30.2 Å². The van der Waals surface area contributed by atoms with Crippen molar-refractivity contribution in [2.24, 2.45) is 18.9 Å². The molecule has 9 nitrogen and oxygen atoms in total. The van der Waals surface area contributed by atoms with Crippen molar-refractivity contribution >= 4 is 12.3 Å². The molecule has 1 aliphatic carbocycles. The second kappa shape index (κ2) is 7.90. The monoisotopic (exact) mass is 350 g/mol. The average molecular weight is 350 g/mol. The summed E-state index contributed by atoms with van der Waals surface area (Å²) in [5.41, 5.74) is 0. The maximum Gasteiger partial charge on any atom is 0.233 e. The molecule has 0 radical (unpaired) electrons. The van der Waals surface area contributed by atoms with Gasteiger partial charge in [-0.05, 0) is 35.6 Å². The van der Waals surface area contributed by atoms with Crippen LogP contribution in [-0.4, -0.2) is 60.8 Å². The van der Waals surface area contributed by atoms with Crippen LogP contribution in [0.3, 0.4) is 0 Å². The van der Waals surface area contributed by atoms with Crippen LogP contribution in [0.4, 0.5) is 0 Å². The van der Waals surface area contributed by atoms with Crippen molar-refractivity contribution in [1.29, 1.82) is 0 Å². The van der Waals surface area contributed by atoms with Gasteiger partial charge in [-0.25, -0.2) is 9.75 Å². The van der Waals surface area contributed by atoms with E-state index in [0.717, 1.165) is 25.7 Å². The third-order valence-corrected chi connectivity index (χ3v) is 5.46. The van der Waals surface area contributed by atoms with E-state index in [9.17, 15) is 14.8 Å². The van der Waals surface area contributed by atoms with Gasteiger partial charge in [-0.3, -0.25) is 14.8 Å². The molecule has 2 aliphatic rings. The Morgan fingerprint density at radius 2 is 2.12 bits per heavy atom. The second-order valence-electron chi connectivity index (χ2n) is 7.16. The molecule has 1 aromatic rings. The minimum atomic E-state index is -0.389. The van der Waals surface area contributed by atoms with Crippen LogP contribution in [0.2, 0.25) is 0 Å². The zero-order chi connectivity index (χ0) is 17.8. The third-order valence-electron chi connectivity index (χ3n) is 5.46. The smallest absolute Gasteiger partial charge is 0.233 e. The lowest BCUT2D eigenvalue weighted by molar-refractivity contribution is -0.157. The maximum absolute atomic E-state index is 13.2. The summed E-state index contributed by atoms with van der Waals surface area (Å²) < 4.78 is 1.60. The van der Waals surface area contributed by atoms with Crippen molar-refractivity contribution in [3.8, 4) is 0 Å². The molecule has 138 valence electrons. The van der Waals surface area contributed by atoms with Gasteiger partial charge in [0.2, 0.25) is 12.3 Å². The zero-order valence-electron chi connectivity index (χ0n) is 14.6. The summed E-state index contributed by atoms with van der Waals surface area (Å²) in [6.45, 7) is 0.698. The van der Waals surface area contributed by atoms with Crippen LogP contribution in [0.25, 0.3) is 0 Å². The van der Waals surface area contributed by atoms with Crippen molar-refractivity contribution in [2.45, 2.75) is 51.0 Å². The Morgan fingerprint density at radius 1 is 1.36 bits per heavy atom. The first-order valence-electron chi connectivity index (χ1n) is 9.03. The number of carbonyl (C=O) groups excluding carboxylic acids is 2. The predicted octanol–water partition coefficient (Wildman–Crippen LogP) is 0.918. The van der Waals surface area contributed by atoms with Gasteiger partial charge in [0.1, 0.15) is 0 Å². The molecule has 2 amide bonds. The number of hydrogen-bond donors (Lipinski definition) is 1. The number of amides is 2. The average Bonchev–Trinajstić information content (AvgIpc) is 3.34. The first-order valence-corrected chi connectivity index (χ1v) is 9.03. The number of aromatic nitrogens is 4. The summed E-state index contributed by atoms with van der Waals surface area (Å²) >= 11 is 0. The fraction of sp³-hybridized carbons (Fsp3) is 0.812. The Morgan fingerprint density at radius 3 is 2.76 bits per heavy atom. The molecule has 0 bridgehead atoms. The molecule has 25 heavy (non-hydrogen) atoms. The van der Waals surface area contributed by atoms with E-state index in [0.29, 0.717) is 36.2 Å². The molecule has 2 heterocycles. The number of hydroxylamine groups is 2. The van der Waals surface area contributed by atoms with E-state index in [1.165, 1.54) is 12.8 Å². The van der Waals surface area contributed by atoms with Crippen molar-refractivity contribution in [3.05, 3.63) is 5.82 Å². The van der Waals surface area contributed by atoms with Gasteiger partial charge in [-0.15, -0.1) is 5.10 Å². The number of hydrogen-bond acceptors (Lipinski definition) is 6. The SMILES string of the molecule is Cn1nnnc1[C@@H]1CCCN1C(=O)[C@H](CC1CCCC1)CN(O)C=O. The number of aryl methyl sites for hydroxylation is 1. The van der Waals surface area contributed by atoms with Crippen LogP contribution < -0.4 is 0 Å². The molecular weight excluding hydrogens is 324 g/mol. The van der Waals surface area contributed by atoms with Gasteiger partial charge >= 0.3 is 0 Å². The largest absolute Gasteiger partial charge is 0.332 e. The van der Waals surface area contributed by atoms with Crippen molar-refractivity contribution in [2.75, 3.05) is 13.1 Å². The predicted molar refractivity (Wildman–Crippen MR) is 87.1 cm³/mol. The van der Waals surface area contributed by atoms with Crippen LogP contribution in [0.5, 0.6) is 0 Å². The van der Waals surface area contributed by atoms with E-state index in [1.807, 2.05) is 4.90 Å². The highest BCUT2D eigenvalue weighted by Gasteiger charge is 2.38. The molecule has 1 aromatic heterocycles. The van der Waals surface area contributed by atoms with Crippen LogP contribution in [-0.2, 0) is 16.6 Å². The van der Waals surface area contributed by atoms with Gasteiger partial charge in [0.15, 0.2) is 5.82 Å². The minimum absolute atomic E-state index is 0.0155. The van der Waals surface area contributed by atoms with E-state index in [4.69, 9.17) is 0 Å². The summed E-state index contributed by atoms with van der Waals surface area (Å²) in [7, 11) is 1.77. The van der Waals surface area contributed by atoms with Gasteiger partial charge in [0.05, 0.1) is 18.5 Å². The Hall–Kier alpha value is -2.03. The Balaban J connectivity index is 1.75. The standard InChI is InChI=1S/C16H26N6O3/c1-20-15(17-18-19-20)14-7-4-8-22(14)16(24)13(10-21(25)11-23)9-12-5-2-3-6-12/h11-14,25H,2-10H2,1H3/t13-,14+/m1/s1. The molecule has 1 N–H and O–H groups in total. The Kier molecular flexibility index (Phi) is 5.62. The molecule has 2 atom stereocenters. The van der Waals surface area contributed by atoms with E-state index in [2.05, 4.69) is 15.5 Å². The molecule has 1 saturated carbocycles. The molecule has 0 spiro atoms. The molecular formula is C16H26N6O3. The summed E-state index contributed by atoms with van der Waals surface area (Å²) in [4.78, 5) is 25.9.